The molecule has 28 heavy (non-hydrogen) atoms. The second-order valence-corrected chi connectivity index (χ2v) is 7.20. The molecule has 2 aromatic heterocycles. The highest BCUT2D eigenvalue weighted by atomic mass is 32.2. The Balaban J connectivity index is 1.76. The number of H-pyrrole nitrogens is 1. The fourth-order valence-electron chi connectivity index (χ4n) is 2.67. The van der Waals surface area contributed by atoms with Crippen LogP contribution in [-0.2, 0) is 4.79 Å². The molecule has 3 rings (SSSR count). The average Bonchev–Trinajstić information content (AvgIpc) is 3.08. The molecule has 10 heteroatoms. The molecule has 148 valence electrons. The van der Waals surface area contributed by atoms with E-state index in [1.165, 1.54) is 24.9 Å². The molecule has 9 nitrogen and oxygen atoms in total. The second-order valence-electron chi connectivity index (χ2n) is 6.26. The van der Waals surface area contributed by atoms with Crippen LogP contribution in [0.4, 0.5) is 5.69 Å². The number of aromatic amines is 1. The van der Waals surface area contributed by atoms with Gasteiger partial charge >= 0.3 is 0 Å². The smallest absolute Gasteiger partial charge is 0.252 e. The van der Waals surface area contributed by atoms with Gasteiger partial charge in [-0.2, -0.15) is 0 Å². The molecule has 0 aliphatic carbocycles. The van der Waals surface area contributed by atoms with E-state index in [0.29, 0.717) is 28.1 Å². The third kappa shape index (κ3) is 4.11. The van der Waals surface area contributed by atoms with Crippen LogP contribution < -0.4 is 20.3 Å². The first kappa shape index (κ1) is 19.7. The summed E-state index contributed by atoms with van der Waals surface area (Å²) in [5, 5.41) is 11.4. The number of fused-ring (bicyclic) bond motifs is 1. The number of ether oxygens (including phenoxy) is 2. The number of amides is 1. The fourth-order valence-corrected chi connectivity index (χ4v) is 3.42. The molecule has 0 unspecified atom stereocenters. The zero-order chi connectivity index (χ0) is 20.3. The van der Waals surface area contributed by atoms with Gasteiger partial charge in [-0.25, -0.2) is 0 Å². The number of carbonyl (C=O) groups is 1. The van der Waals surface area contributed by atoms with Crippen LogP contribution >= 0.6 is 11.8 Å². The Morgan fingerprint density at radius 1 is 1.25 bits per heavy atom. The number of thioether (sulfide) groups is 1. The monoisotopic (exact) mass is 403 g/mol. The van der Waals surface area contributed by atoms with Gasteiger partial charge in [0.25, 0.3) is 5.56 Å². The first-order valence-corrected chi connectivity index (χ1v) is 9.54. The summed E-state index contributed by atoms with van der Waals surface area (Å²) < 4.78 is 12.2. The number of hydrogen-bond acceptors (Lipinski definition) is 7. The van der Waals surface area contributed by atoms with E-state index in [-0.39, 0.29) is 23.1 Å². The molecule has 0 bridgehead atoms. The van der Waals surface area contributed by atoms with Crippen LogP contribution in [0.25, 0.3) is 5.78 Å². The van der Waals surface area contributed by atoms with Crippen LogP contribution in [0, 0.1) is 0 Å². The van der Waals surface area contributed by atoms with Crippen molar-refractivity contribution in [2.75, 3.05) is 25.3 Å². The number of anilines is 1. The molecule has 0 aliphatic rings. The van der Waals surface area contributed by atoms with Crippen molar-refractivity contribution in [3.05, 3.63) is 40.3 Å². The molecule has 2 heterocycles. The number of carbonyl (C=O) groups excluding carboxylic acids is 1. The van der Waals surface area contributed by atoms with E-state index in [4.69, 9.17) is 9.47 Å². The summed E-state index contributed by atoms with van der Waals surface area (Å²) in [6.07, 6.45) is 0. The van der Waals surface area contributed by atoms with E-state index in [0.717, 1.165) is 5.69 Å². The van der Waals surface area contributed by atoms with Crippen LogP contribution in [0.3, 0.4) is 0 Å². The lowest BCUT2D eigenvalue weighted by molar-refractivity contribution is -0.113. The molecule has 0 fully saturated rings. The first-order valence-electron chi connectivity index (χ1n) is 8.56. The molecule has 1 aromatic carbocycles. The number of aromatic nitrogens is 4. The van der Waals surface area contributed by atoms with Gasteiger partial charge in [-0.15, -0.1) is 10.2 Å². The van der Waals surface area contributed by atoms with Gasteiger partial charge in [-0.1, -0.05) is 25.6 Å². The Hall–Kier alpha value is -3.01. The molecule has 1 amide bonds. The van der Waals surface area contributed by atoms with Gasteiger partial charge in [0.05, 0.1) is 25.7 Å². The molecular weight excluding hydrogens is 382 g/mol. The van der Waals surface area contributed by atoms with Crippen molar-refractivity contribution in [1.29, 1.82) is 0 Å². The minimum Gasteiger partial charge on any atom is -0.497 e. The van der Waals surface area contributed by atoms with Gasteiger partial charge in [-0.05, 0) is 18.1 Å². The summed E-state index contributed by atoms with van der Waals surface area (Å²) in [6.45, 7) is 3.96. The average molecular weight is 403 g/mol. The summed E-state index contributed by atoms with van der Waals surface area (Å²) in [5.74, 6) is 1.49. The number of hydrogen-bond donors (Lipinski definition) is 2. The number of rotatable bonds is 7. The summed E-state index contributed by atoms with van der Waals surface area (Å²) in [6, 6.07) is 6.67. The number of methoxy groups -OCH3 is 2. The highest BCUT2D eigenvalue weighted by Gasteiger charge is 2.16. The maximum Gasteiger partial charge on any atom is 0.252 e. The normalized spacial score (nSPS) is 11.0. The summed E-state index contributed by atoms with van der Waals surface area (Å²) in [4.78, 5) is 26.8. The van der Waals surface area contributed by atoms with Crippen molar-refractivity contribution in [2.24, 2.45) is 0 Å². The fraction of sp³-hybridized carbons (Fsp3) is 0.333. The predicted molar refractivity (Wildman–Crippen MR) is 107 cm³/mol. The summed E-state index contributed by atoms with van der Waals surface area (Å²) >= 11 is 1.23. The van der Waals surface area contributed by atoms with Crippen LogP contribution in [0.1, 0.15) is 25.5 Å². The number of nitrogens with zero attached hydrogens (tertiary/aromatic N) is 3. The van der Waals surface area contributed by atoms with Gasteiger partial charge in [0.1, 0.15) is 11.5 Å². The van der Waals surface area contributed by atoms with E-state index in [2.05, 4.69) is 20.5 Å². The lowest BCUT2D eigenvalue weighted by Gasteiger charge is -2.12. The quantitative estimate of drug-likeness (QED) is 0.582. The van der Waals surface area contributed by atoms with E-state index in [9.17, 15) is 9.59 Å². The van der Waals surface area contributed by atoms with Crippen molar-refractivity contribution in [2.45, 2.75) is 24.9 Å². The molecule has 0 aliphatic heterocycles. The second kappa shape index (κ2) is 8.34. The molecule has 2 N–H and O–H groups in total. The van der Waals surface area contributed by atoms with Gasteiger partial charge in [0.2, 0.25) is 11.7 Å². The molecule has 3 aromatic rings. The third-order valence-corrected chi connectivity index (χ3v) is 4.94. The summed E-state index contributed by atoms with van der Waals surface area (Å²) in [5.41, 5.74) is 1.10. The largest absolute Gasteiger partial charge is 0.497 e. The van der Waals surface area contributed by atoms with Crippen LogP contribution in [0.2, 0.25) is 0 Å². The zero-order valence-electron chi connectivity index (χ0n) is 16.0. The van der Waals surface area contributed by atoms with Crippen molar-refractivity contribution >= 4 is 29.1 Å². The highest BCUT2D eigenvalue weighted by molar-refractivity contribution is 7.99. The molecule has 0 saturated heterocycles. The van der Waals surface area contributed by atoms with Crippen molar-refractivity contribution in [1.82, 2.24) is 19.6 Å². The Morgan fingerprint density at radius 2 is 2.04 bits per heavy atom. The molecule has 0 saturated carbocycles. The van der Waals surface area contributed by atoms with E-state index < -0.39 is 0 Å². The van der Waals surface area contributed by atoms with Gasteiger partial charge in [0, 0.05) is 17.8 Å². The maximum atomic E-state index is 12.4. The summed E-state index contributed by atoms with van der Waals surface area (Å²) in [7, 11) is 3.08. The maximum absolute atomic E-state index is 12.4. The standard InChI is InChI=1S/C18H21N5O4S/c1-10(2)13-8-15(24)20-17-21-22-18(23(13)17)28-9-16(25)19-12-6-5-11(26-3)7-14(12)27-4/h5-8,10H,9H2,1-4H3,(H,19,25)(H,20,21,24). The Morgan fingerprint density at radius 3 is 2.71 bits per heavy atom. The van der Waals surface area contributed by atoms with E-state index in [1.54, 1.807) is 29.7 Å². The number of nitrogens with one attached hydrogen (secondary N) is 2. The van der Waals surface area contributed by atoms with Gasteiger partial charge < -0.3 is 14.8 Å². The molecular formula is C18H21N5O4S. The van der Waals surface area contributed by atoms with Crippen LogP contribution in [-0.4, -0.2) is 45.5 Å². The first-order chi connectivity index (χ1) is 13.4. The third-order valence-electron chi connectivity index (χ3n) is 4.01. The minimum absolute atomic E-state index is 0.0949. The van der Waals surface area contributed by atoms with Crippen LogP contribution in [0.5, 0.6) is 11.5 Å². The number of benzene rings is 1. The molecule has 0 radical (unpaired) electrons. The predicted octanol–water partition coefficient (Wildman–Crippen LogP) is 2.29. The van der Waals surface area contributed by atoms with Gasteiger partial charge in [0.15, 0.2) is 5.16 Å². The Kier molecular flexibility index (Phi) is 5.88. The molecule has 0 atom stereocenters. The Labute approximate surface area is 165 Å². The van der Waals surface area contributed by atoms with Crippen molar-refractivity contribution in [3.8, 4) is 11.5 Å². The highest BCUT2D eigenvalue weighted by Crippen LogP contribution is 2.29. The van der Waals surface area contributed by atoms with Crippen LogP contribution in [0.15, 0.2) is 34.2 Å². The van der Waals surface area contributed by atoms with Gasteiger partial charge in [-0.3, -0.25) is 19.0 Å². The minimum atomic E-state index is -0.232. The lowest BCUT2D eigenvalue weighted by atomic mass is 10.1. The SMILES string of the molecule is COc1ccc(NC(=O)CSc2nnc3[nH]c(=O)cc(C(C)C)n23)c(OC)c1. The zero-order valence-corrected chi connectivity index (χ0v) is 16.8. The topological polar surface area (TPSA) is 111 Å². The van der Waals surface area contributed by atoms with E-state index in [1.807, 2.05) is 13.8 Å². The Bertz CT molecular complexity index is 1060. The van der Waals surface area contributed by atoms with Crippen molar-refractivity contribution in [3.63, 3.8) is 0 Å². The van der Waals surface area contributed by atoms with E-state index >= 15 is 0 Å². The lowest BCUT2D eigenvalue weighted by Crippen LogP contribution is -2.16. The van der Waals surface area contributed by atoms with Crippen molar-refractivity contribution < 1.29 is 14.3 Å². The molecule has 0 spiro atoms.